The molecule has 0 aromatic heterocycles. The summed E-state index contributed by atoms with van der Waals surface area (Å²) in [4.78, 5) is 11.1. The molecule has 6 heteroatoms. The van der Waals surface area contributed by atoms with E-state index in [-0.39, 0.29) is 4.90 Å². The minimum Gasteiger partial charge on any atom is -0.744 e. The summed E-state index contributed by atoms with van der Waals surface area (Å²) in [6.07, 6.45) is 1.61. The standard InChI is InChI=1S/C13H26NO.C7H8O3S/c1-11(2)9-14(10-12(3)4)7-5-13(15)6-8-14;1-6-2-4-7(5-3-6)11(8,9)10/h11-12H,5-10H2,1-4H3;2-5H,1H3,(H,8,9,10)/q+1;/p-1. The van der Waals surface area contributed by atoms with Crippen molar-refractivity contribution in [2.45, 2.75) is 52.4 Å². The van der Waals surface area contributed by atoms with Crippen LogP contribution < -0.4 is 0 Å². The molecule has 1 aromatic rings. The Morgan fingerprint density at radius 3 is 1.73 bits per heavy atom. The van der Waals surface area contributed by atoms with Gasteiger partial charge in [-0.3, -0.25) is 4.79 Å². The smallest absolute Gasteiger partial charge is 0.144 e. The first kappa shape index (κ1) is 22.8. The highest BCUT2D eigenvalue weighted by Gasteiger charge is 2.34. The molecule has 0 aliphatic carbocycles. The summed E-state index contributed by atoms with van der Waals surface area (Å²) < 4.78 is 32.3. The lowest BCUT2D eigenvalue weighted by Crippen LogP contribution is -2.56. The van der Waals surface area contributed by atoms with E-state index in [1.54, 1.807) is 12.1 Å². The Morgan fingerprint density at radius 1 is 0.962 bits per heavy atom. The van der Waals surface area contributed by atoms with Crippen LogP contribution in [0.2, 0.25) is 0 Å². The second-order valence-electron chi connectivity index (χ2n) is 8.25. The number of rotatable bonds is 5. The van der Waals surface area contributed by atoms with Crippen LogP contribution in [0.4, 0.5) is 0 Å². The summed E-state index contributed by atoms with van der Waals surface area (Å²) in [6, 6.07) is 5.78. The average Bonchev–Trinajstić information content (AvgIpc) is 2.49. The lowest BCUT2D eigenvalue weighted by molar-refractivity contribution is -0.934. The van der Waals surface area contributed by atoms with Crippen molar-refractivity contribution in [3.8, 4) is 0 Å². The van der Waals surface area contributed by atoms with Crippen LogP contribution in [-0.2, 0) is 14.9 Å². The Hall–Kier alpha value is -1.24. The van der Waals surface area contributed by atoms with E-state index in [9.17, 15) is 17.8 Å². The number of hydrogen-bond acceptors (Lipinski definition) is 4. The van der Waals surface area contributed by atoms with E-state index in [0.717, 1.165) is 43.3 Å². The van der Waals surface area contributed by atoms with E-state index in [0.29, 0.717) is 5.78 Å². The van der Waals surface area contributed by atoms with Crippen LogP contribution >= 0.6 is 0 Å². The fraction of sp³-hybridized carbons (Fsp3) is 0.650. The molecule has 0 atom stereocenters. The molecule has 0 saturated carbocycles. The number of ketones is 1. The number of likely N-dealkylation sites (tertiary alicyclic amines) is 1. The molecule has 0 amide bonds. The maximum Gasteiger partial charge on any atom is 0.144 e. The van der Waals surface area contributed by atoms with Gasteiger partial charge in [-0.15, -0.1) is 0 Å². The van der Waals surface area contributed by atoms with Gasteiger partial charge < -0.3 is 9.04 Å². The molecule has 1 saturated heterocycles. The highest BCUT2D eigenvalue weighted by Crippen LogP contribution is 2.21. The maximum atomic E-state index is 11.3. The fourth-order valence-corrected chi connectivity index (χ4v) is 4.12. The second kappa shape index (κ2) is 9.62. The molecule has 1 aliphatic heterocycles. The van der Waals surface area contributed by atoms with Gasteiger partial charge in [-0.1, -0.05) is 45.4 Å². The highest BCUT2D eigenvalue weighted by molar-refractivity contribution is 7.85. The molecule has 0 unspecified atom stereocenters. The predicted molar refractivity (Wildman–Crippen MR) is 103 cm³/mol. The van der Waals surface area contributed by atoms with Gasteiger partial charge in [0.15, 0.2) is 0 Å². The Labute approximate surface area is 158 Å². The predicted octanol–water partition coefficient (Wildman–Crippen LogP) is 3.38. The van der Waals surface area contributed by atoms with Gasteiger partial charge in [-0.2, -0.15) is 0 Å². The molecule has 5 nitrogen and oxygen atoms in total. The maximum absolute atomic E-state index is 11.3. The highest BCUT2D eigenvalue weighted by atomic mass is 32.2. The second-order valence-corrected chi connectivity index (χ2v) is 9.63. The summed E-state index contributed by atoms with van der Waals surface area (Å²) >= 11 is 0. The van der Waals surface area contributed by atoms with Gasteiger partial charge >= 0.3 is 0 Å². The normalized spacial score (nSPS) is 17.2. The van der Waals surface area contributed by atoms with E-state index in [2.05, 4.69) is 27.7 Å². The molecule has 0 N–H and O–H groups in total. The number of Topliss-reactive ketones (excluding diaryl/α,β-unsaturated/α-hetero) is 1. The fourth-order valence-electron chi connectivity index (χ4n) is 3.65. The summed E-state index contributed by atoms with van der Waals surface area (Å²) in [6.45, 7) is 15.6. The summed E-state index contributed by atoms with van der Waals surface area (Å²) in [5.74, 6) is 1.94. The Morgan fingerprint density at radius 2 is 1.38 bits per heavy atom. The molecule has 1 aromatic carbocycles. The Balaban J connectivity index is 0.000000273. The van der Waals surface area contributed by atoms with Crippen molar-refractivity contribution >= 4 is 15.9 Å². The van der Waals surface area contributed by atoms with Crippen LogP contribution in [0.3, 0.4) is 0 Å². The topological polar surface area (TPSA) is 74.3 Å². The number of nitrogens with zero attached hydrogens (tertiary/aromatic N) is 1. The van der Waals surface area contributed by atoms with Gasteiger partial charge in [0, 0.05) is 11.8 Å². The van der Waals surface area contributed by atoms with Crippen molar-refractivity contribution in [2.75, 3.05) is 26.2 Å². The van der Waals surface area contributed by atoms with Crippen LogP contribution in [0.25, 0.3) is 0 Å². The Bertz CT molecular complexity index is 656. The molecule has 0 spiro atoms. The van der Waals surface area contributed by atoms with E-state index in [1.807, 2.05) is 6.92 Å². The van der Waals surface area contributed by atoms with Crippen LogP contribution in [0.15, 0.2) is 29.2 Å². The number of carbonyl (C=O) groups excluding carboxylic acids is 1. The molecule has 2 rings (SSSR count). The van der Waals surface area contributed by atoms with Gasteiger partial charge in [-0.05, 0) is 19.1 Å². The zero-order chi connectivity index (χ0) is 20.0. The monoisotopic (exact) mass is 383 g/mol. The number of benzene rings is 1. The molecular formula is C20H33NO4S. The van der Waals surface area contributed by atoms with Crippen LogP contribution in [0, 0.1) is 18.8 Å². The van der Waals surface area contributed by atoms with Gasteiger partial charge in [0.05, 0.1) is 43.9 Å². The summed E-state index contributed by atoms with van der Waals surface area (Å²) in [5, 5.41) is 0. The average molecular weight is 384 g/mol. The van der Waals surface area contributed by atoms with E-state index < -0.39 is 10.1 Å². The third kappa shape index (κ3) is 7.98. The zero-order valence-corrected chi connectivity index (χ0v) is 17.5. The van der Waals surface area contributed by atoms with E-state index in [1.165, 1.54) is 29.7 Å². The van der Waals surface area contributed by atoms with Gasteiger partial charge in [0.2, 0.25) is 0 Å². The van der Waals surface area contributed by atoms with Gasteiger partial charge in [0.25, 0.3) is 0 Å². The number of piperidine rings is 1. The summed E-state index contributed by atoms with van der Waals surface area (Å²) in [5.41, 5.74) is 0.928. The first-order valence-electron chi connectivity index (χ1n) is 9.33. The van der Waals surface area contributed by atoms with Crippen LogP contribution in [0.5, 0.6) is 0 Å². The third-order valence-corrected chi connectivity index (χ3v) is 5.39. The molecule has 26 heavy (non-hydrogen) atoms. The minimum atomic E-state index is -4.27. The lowest BCUT2D eigenvalue weighted by Gasteiger charge is -2.43. The molecule has 1 fully saturated rings. The Kier molecular flexibility index (Phi) is 8.44. The molecule has 148 valence electrons. The number of carbonyl (C=O) groups is 1. The lowest BCUT2D eigenvalue weighted by atomic mass is 10.0. The molecule has 1 heterocycles. The van der Waals surface area contributed by atoms with E-state index in [4.69, 9.17) is 0 Å². The third-order valence-electron chi connectivity index (χ3n) is 4.54. The van der Waals surface area contributed by atoms with E-state index >= 15 is 0 Å². The first-order chi connectivity index (χ1) is 11.9. The summed E-state index contributed by atoms with van der Waals surface area (Å²) in [7, 11) is -4.27. The number of hydrogen-bond donors (Lipinski definition) is 0. The number of aryl methyl sites for hydroxylation is 1. The van der Waals surface area contributed by atoms with Crippen molar-refractivity contribution in [3.05, 3.63) is 29.8 Å². The van der Waals surface area contributed by atoms with Crippen molar-refractivity contribution in [1.82, 2.24) is 0 Å². The molecule has 1 aliphatic rings. The van der Waals surface area contributed by atoms with Gasteiger partial charge in [0.1, 0.15) is 15.9 Å². The SMILES string of the molecule is CC(C)C[N+]1(CC(C)C)CCC(=O)CC1.Cc1ccc(S(=O)(=O)[O-])cc1. The van der Waals surface area contributed by atoms with Crippen LogP contribution in [-0.4, -0.2) is 49.4 Å². The largest absolute Gasteiger partial charge is 0.744 e. The first-order valence-corrected chi connectivity index (χ1v) is 10.7. The van der Waals surface area contributed by atoms with Crippen molar-refractivity contribution < 1.29 is 22.2 Å². The zero-order valence-electron chi connectivity index (χ0n) is 16.7. The van der Waals surface area contributed by atoms with Crippen LogP contribution in [0.1, 0.15) is 46.1 Å². The van der Waals surface area contributed by atoms with Gasteiger partial charge in [-0.25, -0.2) is 8.42 Å². The van der Waals surface area contributed by atoms with Crippen molar-refractivity contribution in [1.29, 1.82) is 0 Å². The molecular weight excluding hydrogens is 350 g/mol. The quantitative estimate of drug-likeness (QED) is 0.577. The molecule has 0 radical (unpaired) electrons. The van der Waals surface area contributed by atoms with Crippen molar-refractivity contribution in [2.24, 2.45) is 11.8 Å². The number of quaternary nitrogens is 1. The minimum absolute atomic E-state index is 0.178. The van der Waals surface area contributed by atoms with Crippen molar-refractivity contribution in [3.63, 3.8) is 0 Å². The molecule has 0 bridgehead atoms.